The summed E-state index contributed by atoms with van der Waals surface area (Å²) in [4.78, 5) is 12.2. The van der Waals surface area contributed by atoms with Crippen molar-refractivity contribution in [1.82, 2.24) is 4.68 Å². The number of aromatic nitrogens is 1. The second-order valence-corrected chi connectivity index (χ2v) is 7.58. The van der Waals surface area contributed by atoms with Crippen LogP contribution in [0.2, 0.25) is 0 Å². The number of carbonyl (C=O) groups is 1. The molecule has 0 radical (unpaired) electrons. The van der Waals surface area contributed by atoms with E-state index in [1.165, 1.54) is 42.5 Å². The maximum atomic E-state index is 12.4. The SMILES string of the molecule is Cc1ccc(C)n1NC(=O)c1ccc(OS(=O)(=O)c2ccccc2C#N)cc1. The van der Waals surface area contributed by atoms with E-state index in [4.69, 9.17) is 9.44 Å². The van der Waals surface area contributed by atoms with Crippen LogP contribution in [0.4, 0.5) is 0 Å². The minimum atomic E-state index is -4.17. The molecule has 3 aromatic rings. The van der Waals surface area contributed by atoms with Gasteiger partial charge in [0.2, 0.25) is 0 Å². The van der Waals surface area contributed by atoms with Crippen LogP contribution >= 0.6 is 0 Å². The van der Waals surface area contributed by atoms with E-state index < -0.39 is 10.1 Å². The Bertz CT molecular complexity index is 1150. The number of rotatable bonds is 5. The van der Waals surface area contributed by atoms with Gasteiger partial charge in [-0.1, -0.05) is 12.1 Å². The molecule has 0 unspecified atom stereocenters. The van der Waals surface area contributed by atoms with E-state index in [9.17, 15) is 13.2 Å². The molecule has 3 rings (SSSR count). The number of amides is 1. The molecule has 2 aromatic carbocycles. The van der Waals surface area contributed by atoms with Gasteiger partial charge in [0.25, 0.3) is 5.91 Å². The molecule has 0 spiro atoms. The Morgan fingerprint density at radius 2 is 1.61 bits per heavy atom. The van der Waals surface area contributed by atoms with Gasteiger partial charge in [0, 0.05) is 17.0 Å². The molecule has 0 saturated heterocycles. The van der Waals surface area contributed by atoms with Crippen molar-refractivity contribution in [3.05, 3.63) is 83.2 Å². The minimum absolute atomic E-state index is 0.00374. The van der Waals surface area contributed by atoms with Crippen molar-refractivity contribution in [2.75, 3.05) is 5.43 Å². The number of nitrogens with zero attached hydrogens (tertiary/aromatic N) is 2. The molecule has 8 heteroatoms. The van der Waals surface area contributed by atoms with Crippen molar-refractivity contribution in [2.24, 2.45) is 0 Å². The molecular weight excluding hydrogens is 378 g/mol. The summed E-state index contributed by atoms with van der Waals surface area (Å²) in [5.41, 5.74) is 4.87. The molecule has 1 amide bonds. The van der Waals surface area contributed by atoms with Gasteiger partial charge in [0.05, 0.1) is 5.56 Å². The van der Waals surface area contributed by atoms with E-state index in [1.54, 1.807) is 10.7 Å². The van der Waals surface area contributed by atoms with Crippen LogP contribution in [0.25, 0.3) is 0 Å². The summed E-state index contributed by atoms with van der Waals surface area (Å²) in [5.74, 6) is -0.302. The van der Waals surface area contributed by atoms with E-state index in [1.807, 2.05) is 32.0 Å². The highest BCUT2D eigenvalue weighted by atomic mass is 32.2. The molecular formula is C20H17N3O4S. The highest BCUT2D eigenvalue weighted by Crippen LogP contribution is 2.21. The average molecular weight is 395 g/mol. The maximum absolute atomic E-state index is 12.4. The van der Waals surface area contributed by atoms with Crippen LogP contribution in [0.1, 0.15) is 27.3 Å². The van der Waals surface area contributed by atoms with E-state index in [0.717, 1.165) is 11.4 Å². The van der Waals surface area contributed by atoms with Gasteiger partial charge in [-0.3, -0.25) is 14.9 Å². The van der Waals surface area contributed by atoms with Crippen LogP contribution in [-0.4, -0.2) is 19.0 Å². The second kappa shape index (κ2) is 7.58. The van der Waals surface area contributed by atoms with E-state index >= 15 is 0 Å². The molecule has 0 bridgehead atoms. The topological polar surface area (TPSA) is 101 Å². The predicted octanol–water partition coefficient (Wildman–Crippen LogP) is 3.13. The lowest BCUT2D eigenvalue weighted by Crippen LogP contribution is -2.24. The Labute approximate surface area is 162 Å². The Balaban J connectivity index is 1.77. The summed E-state index contributed by atoms with van der Waals surface area (Å²) in [6, 6.07) is 17.1. The fraction of sp³-hybridized carbons (Fsp3) is 0.100. The van der Waals surface area contributed by atoms with Crippen molar-refractivity contribution >= 4 is 16.0 Å². The van der Waals surface area contributed by atoms with Crippen molar-refractivity contribution in [3.8, 4) is 11.8 Å². The zero-order valence-corrected chi connectivity index (χ0v) is 16.0. The average Bonchev–Trinajstić information content (AvgIpc) is 3.00. The number of hydrogen-bond acceptors (Lipinski definition) is 5. The fourth-order valence-corrected chi connectivity index (χ4v) is 3.70. The molecule has 1 aromatic heterocycles. The predicted molar refractivity (Wildman–Crippen MR) is 103 cm³/mol. The number of carbonyl (C=O) groups excluding carboxylic acids is 1. The Morgan fingerprint density at radius 3 is 2.21 bits per heavy atom. The molecule has 1 heterocycles. The zero-order chi connectivity index (χ0) is 20.3. The van der Waals surface area contributed by atoms with Gasteiger partial charge in [-0.25, -0.2) is 0 Å². The zero-order valence-electron chi connectivity index (χ0n) is 15.2. The van der Waals surface area contributed by atoms with Crippen LogP contribution < -0.4 is 9.61 Å². The number of nitrogens with one attached hydrogen (secondary N) is 1. The third-order valence-electron chi connectivity index (χ3n) is 4.08. The molecule has 7 nitrogen and oxygen atoms in total. The highest BCUT2D eigenvalue weighted by Gasteiger charge is 2.21. The van der Waals surface area contributed by atoms with Gasteiger partial charge in [0.1, 0.15) is 16.7 Å². The first-order valence-electron chi connectivity index (χ1n) is 8.32. The summed E-state index contributed by atoms with van der Waals surface area (Å²) in [5, 5.41) is 9.07. The monoisotopic (exact) mass is 395 g/mol. The lowest BCUT2D eigenvalue weighted by atomic mass is 10.2. The van der Waals surface area contributed by atoms with Gasteiger partial charge >= 0.3 is 10.1 Å². The summed E-state index contributed by atoms with van der Waals surface area (Å²) < 4.78 is 31.6. The third-order valence-corrected chi connectivity index (χ3v) is 5.39. The number of nitriles is 1. The molecule has 142 valence electrons. The first kappa shape index (κ1) is 19.2. The lowest BCUT2D eigenvalue weighted by molar-refractivity contribution is 0.101. The molecule has 28 heavy (non-hydrogen) atoms. The Kier molecular flexibility index (Phi) is 5.20. The Morgan fingerprint density at radius 1 is 1.00 bits per heavy atom. The maximum Gasteiger partial charge on any atom is 0.340 e. The summed E-state index contributed by atoms with van der Waals surface area (Å²) in [7, 11) is -4.17. The van der Waals surface area contributed by atoms with Gasteiger partial charge in [-0.2, -0.15) is 13.7 Å². The first-order valence-corrected chi connectivity index (χ1v) is 9.72. The van der Waals surface area contributed by atoms with Crippen molar-refractivity contribution in [2.45, 2.75) is 18.7 Å². The van der Waals surface area contributed by atoms with Crippen LogP contribution in [-0.2, 0) is 10.1 Å². The molecule has 0 aliphatic carbocycles. The largest absolute Gasteiger partial charge is 0.379 e. The van der Waals surface area contributed by atoms with Gasteiger partial charge in [0.15, 0.2) is 0 Å². The second-order valence-electron chi connectivity index (χ2n) is 6.06. The van der Waals surface area contributed by atoms with Crippen LogP contribution in [0, 0.1) is 25.2 Å². The lowest BCUT2D eigenvalue weighted by Gasteiger charge is -2.12. The van der Waals surface area contributed by atoms with Crippen LogP contribution in [0.5, 0.6) is 5.75 Å². The van der Waals surface area contributed by atoms with Gasteiger partial charge in [-0.15, -0.1) is 0 Å². The molecule has 0 atom stereocenters. The fourth-order valence-electron chi connectivity index (χ4n) is 2.62. The van der Waals surface area contributed by atoms with E-state index in [0.29, 0.717) is 5.56 Å². The number of aryl methyl sites for hydroxylation is 2. The first-order chi connectivity index (χ1) is 13.3. The number of hydrogen-bond donors (Lipinski definition) is 1. The summed E-state index contributed by atoms with van der Waals surface area (Å²) in [6.45, 7) is 3.74. The quantitative estimate of drug-likeness (QED) is 0.669. The molecule has 0 saturated carbocycles. The standard InChI is InChI=1S/C20H17N3O4S/c1-14-7-8-15(2)23(14)22-20(24)16-9-11-18(12-10-16)27-28(25,26)19-6-4-3-5-17(19)13-21/h3-12H,1-2H3,(H,22,24). The number of benzene rings is 2. The van der Waals surface area contributed by atoms with E-state index in [-0.39, 0.29) is 22.1 Å². The minimum Gasteiger partial charge on any atom is -0.379 e. The molecule has 0 aliphatic rings. The van der Waals surface area contributed by atoms with Gasteiger partial charge in [-0.05, 0) is 62.4 Å². The normalized spacial score (nSPS) is 10.9. The summed E-state index contributed by atoms with van der Waals surface area (Å²) in [6.07, 6.45) is 0. The van der Waals surface area contributed by atoms with Crippen LogP contribution in [0.15, 0.2) is 65.6 Å². The van der Waals surface area contributed by atoms with Gasteiger partial charge < -0.3 is 4.18 Å². The highest BCUT2D eigenvalue weighted by molar-refractivity contribution is 7.87. The van der Waals surface area contributed by atoms with Crippen molar-refractivity contribution < 1.29 is 17.4 Å². The molecule has 0 fully saturated rings. The van der Waals surface area contributed by atoms with Crippen molar-refractivity contribution in [1.29, 1.82) is 5.26 Å². The summed E-state index contributed by atoms with van der Waals surface area (Å²) >= 11 is 0. The van der Waals surface area contributed by atoms with Crippen molar-refractivity contribution in [3.63, 3.8) is 0 Å². The molecule has 1 N–H and O–H groups in total. The van der Waals surface area contributed by atoms with E-state index in [2.05, 4.69) is 5.43 Å². The third kappa shape index (κ3) is 3.89. The smallest absolute Gasteiger partial charge is 0.340 e. The molecule has 0 aliphatic heterocycles. The Hall–Kier alpha value is -3.57. The van der Waals surface area contributed by atoms with Crippen LogP contribution in [0.3, 0.4) is 0 Å².